The fourth-order valence-corrected chi connectivity index (χ4v) is 1.90. The van der Waals surface area contributed by atoms with E-state index in [-0.39, 0.29) is 0 Å². The Hall–Kier alpha value is -1.00. The van der Waals surface area contributed by atoms with Gasteiger partial charge in [0.05, 0.1) is 5.69 Å². The third-order valence-corrected chi connectivity index (χ3v) is 2.72. The summed E-state index contributed by atoms with van der Waals surface area (Å²) in [6.07, 6.45) is 2.92. The molecule has 0 bridgehead atoms. The fraction of sp³-hybridized carbons (Fsp3) is 0.600. The van der Waals surface area contributed by atoms with Crippen molar-refractivity contribution in [1.82, 2.24) is 15.1 Å². The van der Waals surface area contributed by atoms with Crippen molar-refractivity contribution < 1.29 is 0 Å². The molecule has 0 spiro atoms. The summed E-state index contributed by atoms with van der Waals surface area (Å²) >= 11 is 0. The molecule has 2 rings (SSSR count). The molecule has 2 heterocycles. The molecule has 14 heavy (non-hydrogen) atoms. The molecule has 1 aromatic rings. The highest BCUT2D eigenvalue weighted by atomic mass is 15.2. The van der Waals surface area contributed by atoms with Crippen molar-refractivity contribution in [3.63, 3.8) is 0 Å². The van der Waals surface area contributed by atoms with E-state index in [9.17, 15) is 0 Å². The van der Waals surface area contributed by atoms with Crippen LogP contribution in [0.4, 0.5) is 0 Å². The predicted octanol–water partition coefficient (Wildman–Crippen LogP) is 0.257. The zero-order valence-electron chi connectivity index (χ0n) is 8.26. The lowest BCUT2D eigenvalue weighted by Crippen LogP contribution is -2.23. The quantitative estimate of drug-likeness (QED) is 0.746. The van der Waals surface area contributed by atoms with E-state index in [1.54, 1.807) is 6.20 Å². The van der Waals surface area contributed by atoms with E-state index >= 15 is 0 Å². The molecule has 1 atom stereocenters. The molecule has 1 aliphatic rings. The maximum atomic E-state index is 5.63. The summed E-state index contributed by atoms with van der Waals surface area (Å²) in [6.45, 7) is 3.95. The second-order valence-electron chi connectivity index (χ2n) is 3.84. The molecule has 76 valence electrons. The van der Waals surface area contributed by atoms with Crippen LogP contribution in [0, 0.1) is 5.92 Å². The van der Waals surface area contributed by atoms with Crippen molar-refractivity contribution in [3.8, 4) is 0 Å². The molecule has 4 heteroatoms. The minimum atomic E-state index is 0.673. The van der Waals surface area contributed by atoms with Crippen LogP contribution in [0.1, 0.15) is 12.1 Å². The first-order valence-electron chi connectivity index (χ1n) is 5.07. The van der Waals surface area contributed by atoms with Crippen LogP contribution in [-0.4, -0.2) is 34.7 Å². The summed E-state index contributed by atoms with van der Waals surface area (Å²) in [5.74, 6) is 0.673. The first kappa shape index (κ1) is 9.55. The average molecular weight is 192 g/mol. The lowest BCUT2D eigenvalue weighted by atomic mass is 10.1. The van der Waals surface area contributed by atoms with Crippen LogP contribution >= 0.6 is 0 Å². The van der Waals surface area contributed by atoms with Crippen molar-refractivity contribution in [1.29, 1.82) is 0 Å². The Labute approximate surface area is 84.1 Å². The van der Waals surface area contributed by atoms with Crippen LogP contribution in [-0.2, 0) is 6.54 Å². The van der Waals surface area contributed by atoms with Crippen molar-refractivity contribution in [2.45, 2.75) is 13.0 Å². The molecule has 0 radical (unpaired) electrons. The van der Waals surface area contributed by atoms with Crippen LogP contribution in [0.15, 0.2) is 18.3 Å². The topological polar surface area (TPSA) is 55.0 Å². The molecule has 1 fully saturated rings. The molecule has 0 amide bonds. The highest BCUT2D eigenvalue weighted by Crippen LogP contribution is 2.16. The minimum Gasteiger partial charge on any atom is -0.330 e. The summed E-state index contributed by atoms with van der Waals surface area (Å²) in [5, 5.41) is 7.93. The van der Waals surface area contributed by atoms with E-state index in [4.69, 9.17) is 5.73 Å². The third kappa shape index (κ3) is 2.27. The number of nitrogens with zero attached hydrogens (tertiary/aromatic N) is 3. The van der Waals surface area contributed by atoms with E-state index in [2.05, 4.69) is 15.1 Å². The predicted molar refractivity (Wildman–Crippen MR) is 54.5 cm³/mol. The Morgan fingerprint density at radius 3 is 3.14 bits per heavy atom. The van der Waals surface area contributed by atoms with Crippen LogP contribution in [0.25, 0.3) is 0 Å². The Bertz CT molecular complexity index is 275. The van der Waals surface area contributed by atoms with Gasteiger partial charge in [-0.15, -0.1) is 0 Å². The van der Waals surface area contributed by atoms with Crippen LogP contribution in [0.2, 0.25) is 0 Å². The summed E-state index contributed by atoms with van der Waals surface area (Å²) in [6, 6.07) is 3.95. The number of hydrogen-bond acceptors (Lipinski definition) is 4. The SMILES string of the molecule is NCC1CCN(Cc2cccnn2)C1. The van der Waals surface area contributed by atoms with Gasteiger partial charge >= 0.3 is 0 Å². The van der Waals surface area contributed by atoms with Gasteiger partial charge in [0.15, 0.2) is 0 Å². The van der Waals surface area contributed by atoms with E-state index < -0.39 is 0 Å². The number of rotatable bonds is 3. The number of likely N-dealkylation sites (tertiary alicyclic amines) is 1. The van der Waals surface area contributed by atoms with E-state index in [0.717, 1.165) is 31.9 Å². The molecule has 4 nitrogen and oxygen atoms in total. The second kappa shape index (κ2) is 4.48. The number of hydrogen-bond donors (Lipinski definition) is 1. The van der Waals surface area contributed by atoms with Crippen molar-refractivity contribution in [3.05, 3.63) is 24.0 Å². The summed E-state index contributed by atoms with van der Waals surface area (Å²) in [5.41, 5.74) is 6.68. The molecular weight excluding hydrogens is 176 g/mol. The van der Waals surface area contributed by atoms with Gasteiger partial charge in [0.1, 0.15) is 0 Å². The Morgan fingerprint density at radius 1 is 1.57 bits per heavy atom. The van der Waals surface area contributed by atoms with Gasteiger partial charge in [-0.25, -0.2) is 0 Å². The standard InChI is InChI=1S/C10H16N4/c11-6-9-3-5-14(7-9)8-10-2-1-4-12-13-10/h1-2,4,9H,3,5-8,11H2. The summed E-state index contributed by atoms with van der Waals surface area (Å²) in [4.78, 5) is 2.39. The van der Waals surface area contributed by atoms with Gasteiger partial charge < -0.3 is 5.73 Å². The number of nitrogens with two attached hydrogens (primary N) is 1. The van der Waals surface area contributed by atoms with Gasteiger partial charge in [0.2, 0.25) is 0 Å². The molecule has 1 aromatic heterocycles. The van der Waals surface area contributed by atoms with Gasteiger partial charge in [0, 0.05) is 19.3 Å². The third-order valence-electron chi connectivity index (χ3n) is 2.72. The molecule has 0 aromatic carbocycles. The molecule has 0 aliphatic carbocycles. The number of aromatic nitrogens is 2. The van der Waals surface area contributed by atoms with Gasteiger partial charge in [-0.3, -0.25) is 4.90 Å². The van der Waals surface area contributed by atoms with Gasteiger partial charge in [-0.1, -0.05) is 0 Å². The van der Waals surface area contributed by atoms with Gasteiger partial charge in [-0.05, 0) is 37.6 Å². The van der Waals surface area contributed by atoms with E-state index in [0.29, 0.717) is 5.92 Å². The average Bonchev–Trinajstić information content (AvgIpc) is 2.67. The normalized spacial score (nSPS) is 22.8. The van der Waals surface area contributed by atoms with E-state index in [1.807, 2.05) is 12.1 Å². The van der Waals surface area contributed by atoms with Gasteiger partial charge in [-0.2, -0.15) is 10.2 Å². The fourth-order valence-electron chi connectivity index (χ4n) is 1.90. The maximum absolute atomic E-state index is 5.63. The zero-order valence-corrected chi connectivity index (χ0v) is 8.26. The molecule has 1 saturated heterocycles. The first-order valence-corrected chi connectivity index (χ1v) is 5.07. The van der Waals surface area contributed by atoms with Crippen molar-refractivity contribution in [2.75, 3.05) is 19.6 Å². The minimum absolute atomic E-state index is 0.673. The Balaban J connectivity index is 1.88. The molecule has 0 saturated carbocycles. The Kier molecular flexibility index (Phi) is 3.06. The smallest absolute Gasteiger partial charge is 0.0771 e. The van der Waals surface area contributed by atoms with Gasteiger partial charge in [0.25, 0.3) is 0 Å². The molecule has 2 N–H and O–H groups in total. The molecule has 1 aliphatic heterocycles. The van der Waals surface area contributed by atoms with Crippen LogP contribution in [0.5, 0.6) is 0 Å². The van der Waals surface area contributed by atoms with Crippen LogP contribution in [0.3, 0.4) is 0 Å². The summed E-state index contributed by atoms with van der Waals surface area (Å²) in [7, 11) is 0. The van der Waals surface area contributed by atoms with E-state index in [1.165, 1.54) is 6.42 Å². The van der Waals surface area contributed by atoms with Crippen molar-refractivity contribution >= 4 is 0 Å². The van der Waals surface area contributed by atoms with Crippen molar-refractivity contribution in [2.24, 2.45) is 11.7 Å². The highest BCUT2D eigenvalue weighted by Gasteiger charge is 2.21. The maximum Gasteiger partial charge on any atom is 0.0771 e. The first-order chi connectivity index (χ1) is 6.88. The molecular formula is C10H16N4. The molecule has 1 unspecified atom stereocenters. The largest absolute Gasteiger partial charge is 0.330 e. The highest BCUT2D eigenvalue weighted by molar-refractivity contribution is 4.99. The lowest BCUT2D eigenvalue weighted by molar-refractivity contribution is 0.313. The monoisotopic (exact) mass is 192 g/mol. The lowest BCUT2D eigenvalue weighted by Gasteiger charge is -2.14. The zero-order chi connectivity index (χ0) is 9.80. The summed E-state index contributed by atoms with van der Waals surface area (Å²) < 4.78 is 0. The second-order valence-corrected chi connectivity index (χ2v) is 3.84. The van der Waals surface area contributed by atoms with Crippen LogP contribution < -0.4 is 5.73 Å². The Morgan fingerprint density at radius 2 is 2.50 bits per heavy atom.